The van der Waals surface area contributed by atoms with Crippen molar-refractivity contribution in [3.63, 3.8) is 0 Å². The Morgan fingerprint density at radius 3 is 2.00 bits per heavy atom. The van der Waals surface area contributed by atoms with E-state index in [1.165, 1.54) is 31.4 Å². The summed E-state index contributed by atoms with van der Waals surface area (Å²) < 4.78 is 4.58. The van der Waals surface area contributed by atoms with Gasteiger partial charge in [0, 0.05) is 16.4 Å². The van der Waals surface area contributed by atoms with Crippen LogP contribution in [0.2, 0.25) is 5.02 Å². The van der Waals surface area contributed by atoms with Gasteiger partial charge in [-0.3, -0.25) is 9.59 Å². The molecule has 0 saturated heterocycles. The van der Waals surface area contributed by atoms with Crippen LogP contribution in [-0.4, -0.2) is 24.9 Å². The van der Waals surface area contributed by atoms with Crippen molar-refractivity contribution in [2.75, 3.05) is 17.7 Å². The summed E-state index contributed by atoms with van der Waals surface area (Å²) in [7, 11) is 1.28. The molecule has 2 N–H and O–H groups in total. The van der Waals surface area contributed by atoms with Gasteiger partial charge in [0.2, 0.25) is 0 Å². The first-order valence-corrected chi connectivity index (χ1v) is 7.35. The van der Waals surface area contributed by atoms with Gasteiger partial charge in [-0.15, -0.1) is 0 Å². The standard InChI is InChI=1S/C17H15ClN2O4/c1-10-3-6-13(9-14(10)18)20-16(22)15(21)19-12-7-4-11(5-8-12)17(23)24-2/h3-9H,1-2H3,(H,19,21)(H,20,22). The number of rotatable bonds is 3. The second-order valence-corrected chi connectivity index (χ2v) is 5.35. The van der Waals surface area contributed by atoms with Gasteiger partial charge in [-0.05, 0) is 48.9 Å². The van der Waals surface area contributed by atoms with Crippen LogP contribution in [0, 0.1) is 6.92 Å². The van der Waals surface area contributed by atoms with E-state index in [9.17, 15) is 14.4 Å². The fourth-order valence-electron chi connectivity index (χ4n) is 1.85. The summed E-state index contributed by atoms with van der Waals surface area (Å²) in [6.07, 6.45) is 0. The summed E-state index contributed by atoms with van der Waals surface area (Å²) in [5.41, 5.74) is 2.01. The summed E-state index contributed by atoms with van der Waals surface area (Å²) in [5.74, 6) is -2.15. The topological polar surface area (TPSA) is 84.5 Å². The van der Waals surface area contributed by atoms with E-state index in [-0.39, 0.29) is 0 Å². The molecular formula is C17H15ClN2O4. The molecule has 0 heterocycles. The van der Waals surface area contributed by atoms with Crippen LogP contribution in [0.1, 0.15) is 15.9 Å². The van der Waals surface area contributed by atoms with Gasteiger partial charge in [0.05, 0.1) is 12.7 Å². The van der Waals surface area contributed by atoms with Crippen LogP contribution in [0.15, 0.2) is 42.5 Å². The maximum absolute atomic E-state index is 11.9. The zero-order chi connectivity index (χ0) is 17.7. The maximum Gasteiger partial charge on any atom is 0.337 e. The minimum absolute atomic E-state index is 0.342. The Labute approximate surface area is 143 Å². The van der Waals surface area contributed by atoms with Crippen molar-refractivity contribution < 1.29 is 19.1 Å². The first-order valence-electron chi connectivity index (χ1n) is 6.97. The quantitative estimate of drug-likeness (QED) is 0.661. The number of benzene rings is 2. The average Bonchev–Trinajstić information content (AvgIpc) is 2.58. The van der Waals surface area contributed by atoms with Gasteiger partial charge < -0.3 is 15.4 Å². The number of anilines is 2. The number of esters is 1. The third kappa shape index (κ3) is 4.33. The minimum Gasteiger partial charge on any atom is -0.465 e. The Kier molecular flexibility index (Phi) is 5.55. The van der Waals surface area contributed by atoms with Gasteiger partial charge >= 0.3 is 17.8 Å². The predicted molar refractivity (Wildman–Crippen MR) is 91.2 cm³/mol. The number of hydrogen-bond donors (Lipinski definition) is 2. The molecule has 2 rings (SSSR count). The highest BCUT2D eigenvalue weighted by Gasteiger charge is 2.15. The number of carbonyl (C=O) groups is 3. The van der Waals surface area contributed by atoms with Gasteiger partial charge in [-0.25, -0.2) is 4.79 Å². The molecule has 124 valence electrons. The van der Waals surface area contributed by atoms with E-state index < -0.39 is 17.8 Å². The smallest absolute Gasteiger partial charge is 0.337 e. The molecular weight excluding hydrogens is 332 g/mol. The molecule has 0 saturated carbocycles. The lowest BCUT2D eigenvalue weighted by molar-refractivity contribution is -0.132. The summed E-state index contributed by atoms with van der Waals surface area (Å²) in [6, 6.07) is 10.9. The van der Waals surface area contributed by atoms with Crippen LogP contribution >= 0.6 is 11.6 Å². The van der Waals surface area contributed by atoms with Crippen LogP contribution < -0.4 is 10.6 Å². The molecule has 0 aliphatic heterocycles. The zero-order valence-electron chi connectivity index (χ0n) is 13.1. The summed E-state index contributed by atoms with van der Waals surface area (Å²) in [5, 5.41) is 5.39. The number of hydrogen-bond acceptors (Lipinski definition) is 4. The fourth-order valence-corrected chi connectivity index (χ4v) is 2.03. The number of nitrogens with one attached hydrogen (secondary N) is 2. The van der Waals surface area contributed by atoms with E-state index in [4.69, 9.17) is 11.6 Å². The molecule has 7 heteroatoms. The molecule has 0 aromatic heterocycles. The zero-order valence-corrected chi connectivity index (χ0v) is 13.8. The Morgan fingerprint density at radius 1 is 0.917 bits per heavy atom. The van der Waals surface area contributed by atoms with Crippen molar-refractivity contribution in [1.29, 1.82) is 0 Å². The molecule has 2 aromatic carbocycles. The third-order valence-electron chi connectivity index (χ3n) is 3.20. The maximum atomic E-state index is 11.9. The molecule has 0 aliphatic rings. The second-order valence-electron chi connectivity index (χ2n) is 4.94. The van der Waals surface area contributed by atoms with Gasteiger partial charge in [-0.2, -0.15) is 0 Å². The van der Waals surface area contributed by atoms with E-state index in [1.807, 2.05) is 6.92 Å². The van der Waals surface area contributed by atoms with Crippen molar-refractivity contribution in [1.82, 2.24) is 0 Å². The Bertz CT molecular complexity index is 788. The Morgan fingerprint density at radius 2 is 1.46 bits per heavy atom. The molecule has 24 heavy (non-hydrogen) atoms. The Hall–Kier alpha value is -2.86. The number of carbonyl (C=O) groups excluding carboxylic acids is 3. The van der Waals surface area contributed by atoms with Crippen molar-refractivity contribution >= 4 is 40.8 Å². The van der Waals surface area contributed by atoms with Crippen LogP contribution in [0.3, 0.4) is 0 Å². The van der Waals surface area contributed by atoms with E-state index in [2.05, 4.69) is 15.4 Å². The fraction of sp³-hybridized carbons (Fsp3) is 0.118. The Balaban J connectivity index is 1.99. The molecule has 0 bridgehead atoms. The summed E-state index contributed by atoms with van der Waals surface area (Å²) in [4.78, 5) is 35.1. The minimum atomic E-state index is -0.836. The van der Waals surface area contributed by atoms with E-state index in [0.717, 1.165) is 5.56 Å². The van der Waals surface area contributed by atoms with E-state index in [0.29, 0.717) is 22.0 Å². The molecule has 2 aromatic rings. The van der Waals surface area contributed by atoms with Gasteiger partial charge in [-0.1, -0.05) is 17.7 Å². The van der Waals surface area contributed by atoms with Gasteiger partial charge in [0.25, 0.3) is 0 Å². The molecule has 0 fully saturated rings. The van der Waals surface area contributed by atoms with Crippen molar-refractivity contribution in [3.05, 3.63) is 58.6 Å². The number of halogens is 1. The lowest BCUT2D eigenvalue weighted by Crippen LogP contribution is -2.29. The number of aryl methyl sites for hydroxylation is 1. The monoisotopic (exact) mass is 346 g/mol. The van der Waals surface area contributed by atoms with Gasteiger partial charge in [0.15, 0.2) is 0 Å². The number of methoxy groups -OCH3 is 1. The molecule has 0 aliphatic carbocycles. The number of amides is 2. The first kappa shape index (κ1) is 17.5. The van der Waals surface area contributed by atoms with Gasteiger partial charge in [0.1, 0.15) is 0 Å². The third-order valence-corrected chi connectivity index (χ3v) is 3.61. The largest absolute Gasteiger partial charge is 0.465 e. The average molecular weight is 347 g/mol. The molecule has 2 amide bonds. The highest BCUT2D eigenvalue weighted by Crippen LogP contribution is 2.20. The molecule has 6 nitrogen and oxygen atoms in total. The van der Waals surface area contributed by atoms with Crippen LogP contribution in [0.5, 0.6) is 0 Å². The normalized spacial score (nSPS) is 9.96. The lowest BCUT2D eigenvalue weighted by Gasteiger charge is -2.08. The highest BCUT2D eigenvalue weighted by atomic mass is 35.5. The lowest BCUT2D eigenvalue weighted by atomic mass is 10.2. The van der Waals surface area contributed by atoms with Crippen molar-refractivity contribution in [2.24, 2.45) is 0 Å². The van der Waals surface area contributed by atoms with Crippen molar-refractivity contribution in [2.45, 2.75) is 6.92 Å². The first-order chi connectivity index (χ1) is 11.4. The van der Waals surface area contributed by atoms with Crippen LogP contribution in [0.4, 0.5) is 11.4 Å². The highest BCUT2D eigenvalue weighted by molar-refractivity contribution is 6.43. The summed E-state index contributed by atoms with van der Waals surface area (Å²) >= 11 is 5.97. The predicted octanol–water partition coefficient (Wildman–Crippen LogP) is 3.01. The summed E-state index contributed by atoms with van der Waals surface area (Å²) in [6.45, 7) is 1.83. The molecule has 0 spiro atoms. The van der Waals surface area contributed by atoms with Crippen LogP contribution in [-0.2, 0) is 14.3 Å². The molecule has 0 unspecified atom stereocenters. The number of ether oxygens (including phenoxy) is 1. The van der Waals surface area contributed by atoms with E-state index in [1.54, 1.807) is 18.2 Å². The molecule has 0 radical (unpaired) electrons. The van der Waals surface area contributed by atoms with Crippen LogP contribution in [0.25, 0.3) is 0 Å². The van der Waals surface area contributed by atoms with E-state index >= 15 is 0 Å². The SMILES string of the molecule is COC(=O)c1ccc(NC(=O)C(=O)Nc2ccc(C)c(Cl)c2)cc1. The molecule has 0 atom stereocenters. The van der Waals surface area contributed by atoms with Crippen molar-refractivity contribution in [3.8, 4) is 0 Å². The second kappa shape index (κ2) is 7.61.